The number of nitrogens with one attached hydrogen (secondary N) is 1. The topological polar surface area (TPSA) is 45.8 Å². The first-order valence-electron chi connectivity index (χ1n) is 5.58. The molecule has 0 spiro atoms. The molecule has 0 amide bonds. The van der Waals surface area contributed by atoms with Crippen LogP contribution in [-0.4, -0.2) is 9.97 Å². The quantitative estimate of drug-likeness (QED) is 0.723. The lowest BCUT2D eigenvalue weighted by atomic mass is 10.4. The van der Waals surface area contributed by atoms with E-state index in [2.05, 4.69) is 25.9 Å². The maximum atomic E-state index is 11.8. The number of aromatic nitrogens is 2. The van der Waals surface area contributed by atoms with Crippen molar-refractivity contribution in [2.75, 3.05) is 0 Å². The molecule has 0 unspecified atom stereocenters. The van der Waals surface area contributed by atoms with Gasteiger partial charge in [-0.2, -0.15) is 0 Å². The van der Waals surface area contributed by atoms with Gasteiger partial charge in [0.1, 0.15) is 10.5 Å². The molecule has 0 aliphatic heterocycles. The highest BCUT2D eigenvalue weighted by molar-refractivity contribution is 9.10. The summed E-state index contributed by atoms with van der Waals surface area (Å²) in [6, 6.07) is 9.88. The number of hydrogen-bond acceptors (Lipinski definition) is 4. The van der Waals surface area contributed by atoms with Gasteiger partial charge in [0.15, 0.2) is 0 Å². The number of rotatable bonds is 3. The number of benzene rings is 1. The number of fused-ring (bicyclic) bond motifs is 1. The van der Waals surface area contributed by atoms with Gasteiger partial charge in [0.05, 0.1) is 11.3 Å². The van der Waals surface area contributed by atoms with Crippen molar-refractivity contribution >= 4 is 49.2 Å². The van der Waals surface area contributed by atoms with Crippen LogP contribution in [0.5, 0.6) is 0 Å². The van der Waals surface area contributed by atoms with Gasteiger partial charge in [-0.15, -0.1) is 23.1 Å². The summed E-state index contributed by atoms with van der Waals surface area (Å²) in [4.78, 5) is 20.3. The van der Waals surface area contributed by atoms with E-state index >= 15 is 0 Å². The average molecular weight is 353 g/mol. The molecule has 1 aromatic carbocycles. The van der Waals surface area contributed by atoms with E-state index in [1.165, 1.54) is 11.3 Å². The highest BCUT2D eigenvalue weighted by Crippen LogP contribution is 2.29. The van der Waals surface area contributed by atoms with Gasteiger partial charge in [-0.05, 0) is 39.5 Å². The maximum absolute atomic E-state index is 11.8. The average Bonchev–Trinajstić information content (AvgIpc) is 2.87. The zero-order valence-corrected chi connectivity index (χ0v) is 12.9. The Morgan fingerprint density at radius 1 is 1.32 bits per heavy atom. The molecule has 0 saturated heterocycles. The van der Waals surface area contributed by atoms with Gasteiger partial charge in [-0.25, -0.2) is 4.98 Å². The Morgan fingerprint density at radius 2 is 2.16 bits per heavy atom. The monoisotopic (exact) mass is 352 g/mol. The molecule has 0 bridgehead atoms. The van der Waals surface area contributed by atoms with Crippen LogP contribution in [0.1, 0.15) is 5.82 Å². The summed E-state index contributed by atoms with van der Waals surface area (Å²) in [6.07, 6.45) is 0. The molecular formula is C13H9BrN2OS2. The predicted octanol–water partition coefficient (Wildman–Crippen LogP) is 4.04. The van der Waals surface area contributed by atoms with Crippen molar-refractivity contribution in [1.82, 2.24) is 9.97 Å². The van der Waals surface area contributed by atoms with Gasteiger partial charge in [-0.3, -0.25) is 4.79 Å². The molecule has 0 fully saturated rings. The Kier molecular flexibility index (Phi) is 3.72. The smallest absolute Gasteiger partial charge is 0.268 e. The van der Waals surface area contributed by atoms with Crippen LogP contribution in [0.2, 0.25) is 0 Å². The Balaban J connectivity index is 1.86. The van der Waals surface area contributed by atoms with Crippen LogP contribution in [0, 0.1) is 0 Å². The fourth-order valence-electron chi connectivity index (χ4n) is 1.70. The van der Waals surface area contributed by atoms with E-state index in [0.717, 1.165) is 14.9 Å². The molecule has 19 heavy (non-hydrogen) atoms. The first-order valence-corrected chi connectivity index (χ1v) is 8.23. The van der Waals surface area contributed by atoms with Crippen LogP contribution >= 0.6 is 39.0 Å². The summed E-state index contributed by atoms with van der Waals surface area (Å²) in [6.45, 7) is 0. The normalized spacial score (nSPS) is 11.0. The largest absolute Gasteiger partial charge is 0.309 e. The third-order valence-electron chi connectivity index (χ3n) is 2.56. The molecule has 1 N–H and O–H groups in total. The van der Waals surface area contributed by atoms with Crippen LogP contribution in [0.3, 0.4) is 0 Å². The number of hydrogen-bond donors (Lipinski definition) is 1. The molecule has 0 atom stereocenters. The van der Waals surface area contributed by atoms with E-state index in [-0.39, 0.29) is 5.56 Å². The fourth-order valence-corrected chi connectivity index (χ4v) is 3.86. The van der Waals surface area contributed by atoms with Crippen LogP contribution in [0.15, 0.2) is 49.9 Å². The van der Waals surface area contributed by atoms with Crippen molar-refractivity contribution in [1.29, 1.82) is 0 Å². The van der Waals surface area contributed by atoms with Crippen molar-refractivity contribution in [2.24, 2.45) is 0 Å². The highest BCUT2D eigenvalue weighted by atomic mass is 79.9. The molecule has 2 heterocycles. The van der Waals surface area contributed by atoms with E-state index in [1.807, 2.05) is 35.7 Å². The maximum Gasteiger partial charge on any atom is 0.268 e. The summed E-state index contributed by atoms with van der Waals surface area (Å²) in [5.74, 6) is 1.35. The second-order valence-electron chi connectivity index (χ2n) is 3.87. The van der Waals surface area contributed by atoms with E-state index in [0.29, 0.717) is 16.3 Å². The Labute approximate surface area is 126 Å². The molecule has 3 nitrogen and oxygen atoms in total. The number of aromatic amines is 1. The molecule has 0 radical (unpaired) electrons. The summed E-state index contributed by atoms with van der Waals surface area (Å²) in [5.41, 5.74) is 0.721. The minimum absolute atomic E-state index is 0.0530. The lowest BCUT2D eigenvalue weighted by molar-refractivity contribution is 1.04. The Morgan fingerprint density at radius 3 is 3.00 bits per heavy atom. The van der Waals surface area contributed by atoms with Gasteiger partial charge >= 0.3 is 0 Å². The number of thioether (sulfide) groups is 1. The summed E-state index contributed by atoms with van der Waals surface area (Å²) >= 11 is 6.57. The Bertz CT molecular complexity index is 781. The minimum Gasteiger partial charge on any atom is -0.309 e. The second kappa shape index (κ2) is 5.48. The highest BCUT2D eigenvalue weighted by Gasteiger charge is 2.06. The third-order valence-corrected chi connectivity index (χ3v) is 5.51. The predicted molar refractivity (Wildman–Crippen MR) is 83.9 cm³/mol. The molecule has 0 aliphatic carbocycles. The van der Waals surface area contributed by atoms with E-state index in [4.69, 9.17) is 0 Å². The lowest BCUT2D eigenvalue weighted by Crippen LogP contribution is -2.09. The molecular weight excluding hydrogens is 344 g/mol. The van der Waals surface area contributed by atoms with Gasteiger partial charge in [0, 0.05) is 9.37 Å². The van der Waals surface area contributed by atoms with Gasteiger partial charge in [0.25, 0.3) is 5.56 Å². The van der Waals surface area contributed by atoms with Crippen LogP contribution in [0.25, 0.3) is 10.2 Å². The number of H-pyrrole nitrogens is 1. The van der Waals surface area contributed by atoms with Gasteiger partial charge < -0.3 is 4.98 Å². The van der Waals surface area contributed by atoms with E-state index in [9.17, 15) is 4.79 Å². The summed E-state index contributed by atoms with van der Waals surface area (Å²) in [5, 5.41) is 1.89. The van der Waals surface area contributed by atoms with Crippen LogP contribution < -0.4 is 5.56 Å². The second-order valence-corrected chi connectivity index (χ2v) is 6.65. The van der Waals surface area contributed by atoms with Crippen molar-refractivity contribution in [3.05, 3.63) is 56.4 Å². The van der Waals surface area contributed by atoms with Crippen molar-refractivity contribution in [3.63, 3.8) is 0 Å². The zero-order chi connectivity index (χ0) is 13.2. The SMILES string of the molecule is O=c1[nH]c(CSc2ccccc2Br)nc2ccsc12. The molecule has 3 aromatic rings. The minimum atomic E-state index is -0.0530. The number of thiophene rings is 1. The number of nitrogens with zero attached hydrogens (tertiary/aromatic N) is 1. The van der Waals surface area contributed by atoms with Gasteiger partial charge in [0.2, 0.25) is 0 Å². The van der Waals surface area contributed by atoms with Crippen molar-refractivity contribution in [3.8, 4) is 0 Å². The first kappa shape index (κ1) is 12.9. The van der Waals surface area contributed by atoms with Crippen molar-refractivity contribution in [2.45, 2.75) is 10.6 Å². The standard InChI is InChI=1S/C13H9BrN2OS2/c14-8-3-1-2-4-10(8)19-7-11-15-9-5-6-18-12(9)13(17)16-11/h1-6H,7H2,(H,15,16,17). The molecule has 0 aliphatic rings. The molecule has 2 aromatic heterocycles. The third kappa shape index (κ3) is 2.75. The summed E-state index contributed by atoms with van der Waals surface area (Å²) < 4.78 is 1.74. The first-order chi connectivity index (χ1) is 9.24. The van der Waals surface area contributed by atoms with Gasteiger partial charge in [-0.1, -0.05) is 12.1 Å². The lowest BCUT2D eigenvalue weighted by Gasteiger charge is -2.03. The van der Waals surface area contributed by atoms with E-state index in [1.54, 1.807) is 11.8 Å². The number of halogens is 1. The van der Waals surface area contributed by atoms with Crippen LogP contribution in [0.4, 0.5) is 0 Å². The van der Waals surface area contributed by atoms with Crippen LogP contribution in [-0.2, 0) is 5.75 Å². The molecule has 3 rings (SSSR count). The molecule has 6 heteroatoms. The van der Waals surface area contributed by atoms with Crippen molar-refractivity contribution < 1.29 is 0 Å². The Hall–Kier alpha value is -1.11. The summed E-state index contributed by atoms with van der Waals surface area (Å²) in [7, 11) is 0. The molecule has 0 saturated carbocycles. The zero-order valence-electron chi connectivity index (χ0n) is 9.72. The molecule has 96 valence electrons. The van der Waals surface area contributed by atoms with E-state index < -0.39 is 0 Å². The fraction of sp³-hybridized carbons (Fsp3) is 0.0769.